The van der Waals surface area contributed by atoms with Gasteiger partial charge in [-0.3, -0.25) is 9.59 Å². The zero-order valence-corrected chi connectivity index (χ0v) is 38.1. The minimum absolute atomic E-state index is 0.0315. The lowest BCUT2D eigenvalue weighted by atomic mass is 9.70. The topological polar surface area (TPSA) is 220 Å². The van der Waals surface area contributed by atoms with Crippen molar-refractivity contribution < 1.29 is 77.2 Å². The Morgan fingerprint density at radius 3 is 2.24 bits per heavy atom. The van der Waals surface area contributed by atoms with Crippen molar-refractivity contribution in [3.05, 3.63) is 59.8 Å². The van der Waals surface area contributed by atoms with Crippen LogP contribution >= 0.6 is 0 Å². The molecule has 4 heterocycles. The Kier molecular flexibility index (Phi) is 18.5. The number of unbranched alkanes of at least 4 members (excludes halogenated alkanes) is 1. The van der Waals surface area contributed by atoms with Crippen LogP contribution in [0.4, 0.5) is 0 Å². The van der Waals surface area contributed by atoms with E-state index in [1.807, 2.05) is 32.9 Å². The Morgan fingerprint density at radius 2 is 1.59 bits per heavy atom. The van der Waals surface area contributed by atoms with E-state index in [9.17, 15) is 39.3 Å². The molecule has 4 aliphatic heterocycles. The smallest absolute Gasteiger partial charge is 0.331 e. The van der Waals surface area contributed by atoms with Crippen molar-refractivity contribution in [2.24, 2.45) is 10.8 Å². The van der Waals surface area contributed by atoms with Gasteiger partial charge in [0.05, 0.1) is 62.7 Å². The van der Waals surface area contributed by atoms with Crippen LogP contribution in [0.3, 0.4) is 0 Å². The van der Waals surface area contributed by atoms with Crippen LogP contribution in [0.5, 0.6) is 0 Å². The largest absolute Gasteiger partial charge is 0.466 e. The molecule has 0 amide bonds. The highest BCUT2D eigenvalue weighted by Crippen LogP contribution is 2.49. The summed E-state index contributed by atoms with van der Waals surface area (Å²) in [6, 6.07) is 0. The predicted molar refractivity (Wildman–Crippen MR) is 227 cm³/mol. The molecule has 11 unspecified atom stereocenters. The molecule has 16 heteroatoms. The number of aliphatic hydroxyl groups excluding tert-OH is 2. The molecule has 63 heavy (non-hydrogen) atoms. The van der Waals surface area contributed by atoms with E-state index in [2.05, 4.69) is 0 Å². The van der Waals surface area contributed by atoms with Gasteiger partial charge in [-0.1, -0.05) is 77.0 Å². The summed E-state index contributed by atoms with van der Waals surface area (Å²) in [4.78, 5) is 64.6. The van der Waals surface area contributed by atoms with Crippen LogP contribution < -0.4 is 0 Å². The number of allylic oxidation sites excluding steroid dienone is 3. The minimum Gasteiger partial charge on any atom is -0.466 e. The Balaban J connectivity index is 1.85. The zero-order chi connectivity index (χ0) is 46.7. The SMILES string of the molecule is CCCC=CC=CC(=O)OC1C(=CC(=O)OC)CC2CC(C(C)O)OC(=O)CC(O)CC3CC(OC(C)=O)C(C)(C)C(O)(CC4CC(=CC(=O)OC)CC(C=CC(C)(C)C1O2)O4)O3. The summed E-state index contributed by atoms with van der Waals surface area (Å²) in [5.41, 5.74) is -1.18. The Bertz CT molecular complexity index is 1770. The third-order valence-electron chi connectivity index (χ3n) is 12.2. The first kappa shape index (κ1) is 51.4. The van der Waals surface area contributed by atoms with E-state index in [0.717, 1.165) is 12.8 Å². The van der Waals surface area contributed by atoms with Gasteiger partial charge in [-0.05, 0) is 38.2 Å². The van der Waals surface area contributed by atoms with Crippen molar-refractivity contribution >= 4 is 29.8 Å². The molecule has 352 valence electrons. The van der Waals surface area contributed by atoms with Crippen LogP contribution in [0.1, 0.15) is 113 Å². The quantitative estimate of drug-likeness (QED) is 0.0916. The second-order valence-corrected chi connectivity index (χ2v) is 18.2. The Morgan fingerprint density at radius 1 is 0.889 bits per heavy atom. The lowest BCUT2D eigenvalue weighted by molar-refractivity contribution is -0.348. The molecule has 3 N–H and O–H groups in total. The summed E-state index contributed by atoms with van der Waals surface area (Å²) in [6.45, 7) is 11.8. The molecule has 0 aromatic carbocycles. The standard InChI is InChI=1S/C47H68O16/c1-10-11-12-13-14-15-39(51)62-43-31(22-41(53)57-9)21-34-25-37(28(2)48)61-42(54)24-32(50)23-35-26-38(58-29(3)49)46(6,7)47(55,63-35)27-36-19-30(20-40(52)56-8)18-33(59-36)16-17-45(4,5)44(43)60-34/h12-17,20,22,28,32-38,43-44,48,50,55H,10-11,18-19,21,23-27H2,1-9H3. The molecule has 4 aliphatic rings. The minimum atomic E-state index is -2.01. The van der Waals surface area contributed by atoms with Crippen LogP contribution in [0, 0.1) is 10.8 Å². The molecule has 3 saturated heterocycles. The highest BCUT2D eigenvalue weighted by atomic mass is 16.6. The van der Waals surface area contributed by atoms with Gasteiger partial charge in [-0.25, -0.2) is 14.4 Å². The number of aliphatic hydroxyl groups is 3. The highest BCUT2D eigenvalue weighted by molar-refractivity contribution is 5.84. The fourth-order valence-electron chi connectivity index (χ4n) is 8.56. The molecular formula is C47H68O16. The normalized spacial score (nSPS) is 34.5. The summed E-state index contributed by atoms with van der Waals surface area (Å²) in [7, 11) is 2.49. The third-order valence-corrected chi connectivity index (χ3v) is 12.2. The summed E-state index contributed by atoms with van der Waals surface area (Å²) < 4.78 is 47.3. The van der Waals surface area contributed by atoms with Crippen molar-refractivity contribution in [2.45, 2.75) is 180 Å². The number of hydrogen-bond acceptors (Lipinski definition) is 16. The molecule has 0 radical (unpaired) electrons. The fourth-order valence-corrected chi connectivity index (χ4v) is 8.56. The molecule has 0 saturated carbocycles. The molecule has 0 aromatic rings. The number of hydrogen-bond donors (Lipinski definition) is 3. The monoisotopic (exact) mass is 888 g/mol. The van der Waals surface area contributed by atoms with Gasteiger partial charge in [0.25, 0.3) is 0 Å². The number of carbonyl (C=O) groups excluding carboxylic acids is 5. The molecule has 0 spiro atoms. The highest BCUT2D eigenvalue weighted by Gasteiger charge is 2.58. The molecule has 0 aromatic heterocycles. The number of ether oxygens (including phenoxy) is 8. The Labute approximate surface area is 370 Å². The van der Waals surface area contributed by atoms with Crippen LogP contribution in [-0.2, 0) is 61.9 Å². The molecule has 16 nitrogen and oxygen atoms in total. The van der Waals surface area contributed by atoms with Gasteiger partial charge in [-0.15, -0.1) is 0 Å². The van der Waals surface area contributed by atoms with E-state index >= 15 is 0 Å². The van der Waals surface area contributed by atoms with E-state index in [4.69, 9.17) is 37.9 Å². The van der Waals surface area contributed by atoms with E-state index in [1.165, 1.54) is 46.3 Å². The van der Waals surface area contributed by atoms with Gasteiger partial charge in [0.2, 0.25) is 0 Å². The number of fused-ring (bicyclic) bond motifs is 6. The second-order valence-electron chi connectivity index (χ2n) is 18.2. The fraction of sp³-hybridized carbons (Fsp3) is 0.681. The number of carbonyl (C=O) groups is 5. The maximum atomic E-state index is 13.4. The van der Waals surface area contributed by atoms with Crippen LogP contribution in [0.15, 0.2) is 59.8 Å². The van der Waals surface area contributed by atoms with Crippen LogP contribution in [0.25, 0.3) is 0 Å². The number of esters is 5. The second kappa shape index (κ2) is 22.6. The molecule has 4 rings (SSSR count). The molecule has 3 fully saturated rings. The van der Waals surface area contributed by atoms with Gasteiger partial charge >= 0.3 is 29.8 Å². The van der Waals surface area contributed by atoms with Gasteiger partial charge in [0, 0.05) is 56.3 Å². The summed E-state index contributed by atoms with van der Waals surface area (Å²) in [5, 5.41) is 34.6. The van der Waals surface area contributed by atoms with E-state index < -0.39 is 114 Å². The molecule has 6 bridgehead atoms. The van der Waals surface area contributed by atoms with Crippen LogP contribution in [-0.4, -0.2) is 126 Å². The molecule has 11 atom stereocenters. The van der Waals surface area contributed by atoms with Crippen molar-refractivity contribution in [1.82, 2.24) is 0 Å². The van der Waals surface area contributed by atoms with E-state index in [1.54, 1.807) is 32.1 Å². The van der Waals surface area contributed by atoms with Gasteiger partial charge in [0.15, 0.2) is 11.9 Å². The molecular weight excluding hydrogens is 821 g/mol. The number of rotatable bonds is 9. The van der Waals surface area contributed by atoms with Gasteiger partial charge < -0.3 is 53.2 Å². The van der Waals surface area contributed by atoms with E-state index in [-0.39, 0.29) is 44.9 Å². The summed E-state index contributed by atoms with van der Waals surface area (Å²) in [6.07, 6.45) is 4.52. The Hall–Kier alpha value is -4.19. The summed E-state index contributed by atoms with van der Waals surface area (Å²) >= 11 is 0. The summed E-state index contributed by atoms with van der Waals surface area (Å²) in [5.74, 6) is -5.39. The maximum Gasteiger partial charge on any atom is 0.331 e. The average Bonchev–Trinajstić information content (AvgIpc) is 3.18. The lowest BCUT2D eigenvalue weighted by Gasteiger charge is -2.53. The lowest BCUT2D eigenvalue weighted by Crippen LogP contribution is -2.62. The average molecular weight is 889 g/mol. The predicted octanol–water partition coefficient (Wildman–Crippen LogP) is 4.96. The first-order valence-electron chi connectivity index (χ1n) is 21.8. The van der Waals surface area contributed by atoms with Gasteiger partial charge in [-0.2, -0.15) is 0 Å². The molecule has 0 aliphatic carbocycles. The first-order valence-corrected chi connectivity index (χ1v) is 21.8. The van der Waals surface area contributed by atoms with Crippen molar-refractivity contribution in [1.29, 1.82) is 0 Å². The van der Waals surface area contributed by atoms with Crippen LogP contribution in [0.2, 0.25) is 0 Å². The maximum absolute atomic E-state index is 13.4. The van der Waals surface area contributed by atoms with E-state index in [0.29, 0.717) is 11.1 Å². The number of cyclic esters (lactones) is 1. The first-order chi connectivity index (χ1) is 29.6. The van der Waals surface area contributed by atoms with Crippen molar-refractivity contribution in [2.75, 3.05) is 14.2 Å². The number of methoxy groups -OCH3 is 2. The van der Waals surface area contributed by atoms with Crippen molar-refractivity contribution in [3.63, 3.8) is 0 Å². The van der Waals surface area contributed by atoms with Gasteiger partial charge in [0.1, 0.15) is 18.3 Å². The van der Waals surface area contributed by atoms with Crippen molar-refractivity contribution in [3.8, 4) is 0 Å². The zero-order valence-electron chi connectivity index (χ0n) is 38.1. The third kappa shape index (κ3) is 14.4.